The first-order valence-corrected chi connectivity index (χ1v) is 7.11. The number of aryl methyl sites for hydroxylation is 2. The number of alkyl halides is 1. The molecule has 1 amide bonds. The van der Waals surface area contributed by atoms with Crippen molar-refractivity contribution >= 4 is 21.8 Å². The van der Waals surface area contributed by atoms with Crippen molar-refractivity contribution in [3.8, 4) is 0 Å². The van der Waals surface area contributed by atoms with Crippen LogP contribution in [-0.4, -0.2) is 27.1 Å². The third-order valence-electron chi connectivity index (χ3n) is 3.43. The summed E-state index contributed by atoms with van der Waals surface area (Å²) in [6, 6.07) is 0.307. The van der Waals surface area contributed by atoms with Gasteiger partial charge in [0.25, 0.3) is 5.91 Å². The molecule has 0 aromatic carbocycles. The lowest BCUT2D eigenvalue weighted by molar-refractivity contribution is 0.0929. The lowest BCUT2D eigenvalue weighted by Gasteiger charge is -2.18. The summed E-state index contributed by atoms with van der Waals surface area (Å²) in [4.78, 5) is 12.1. The SMILES string of the molecule is Cc1nn(C)cc1C(=O)NC1CCCC1CBr. The number of halogens is 1. The molecule has 0 saturated heterocycles. The van der Waals surface area contributed by atoms with Crippen LogP contribution < -0.4 is 5.32 Å². The fourth-order valence-electron chi connectivity index (χ4n) is 2.48. The number of nitrogens with zero attached hydrogens (tertiary/aromatic N) is 2. The summed E-state index contributed by atoms with van der Waals surface area (Å²) in [6.07, 6.45) is 5.26. The molecule has 2 rings (SSSR count). The standard InChI is InChI=1S/C12H18BrN3O/c1-8-10(7-16(2)15-8)12(17)14-11-5-3-4-9(11)6-13/h7,9,11H,3-6H2,1-2H3,(H,14,17). The molecule has 1 N–H and O–H groups in total. The first kappa shape index (κ1) is 12.6. The Labute approximate surface area is 110 Å². The van der Waals surface area contributed by atoms with Crippen LogP contribution in [0, 0.1) is 12.8 Å². The minimum absolute atomic E-state index is 0.00782. The summed E-state index contributed by atoms with van der Waals surface area (Å²) >= 11 is 3.51. The highest BCUT2D eigenvalue weighted by Crippen LogP contribution is 2.27. The monoisotopic (exact) mass is 299 g/mol. The van der Waals surface area contributed by atoms with E-state index < -0.39 is 0 Å². The van der Waals surface area contributed by atoms with Crippen LogP contribution in [0.5, 0.6) is 0 Å². The molecule has 0 bridgehead atoms. The predicted molar refractivity (Wildman–Crippen MR) is 70.3 cm³/mol. The lowest BCUT2D eigenvalue weighted by Crippen LogP contribution is -2.38. The van der Waals surface area contributed by atoms with Crippen molar-refractivity contribution in [1.29, 1.82) is 0 Å². The van der Waals surface area contributed by atoms with Gasteiger partial charge >= 0.3 is 0 Å². The molecule has 0 radical (unpaired) electrons. The quantitative estimate of drug-likeness (QED) is 0.868. The minimum atomic E-state index is 0.00782. The van der Waals surface area contributed by atoms with Crippen LogP contribution in [0.15, 0.2) is 6.20 Å². The molecular weight excluding hydrogens is 282 g/mol. The van der Waals surface area contributed by atoms with Gasteiger partial charge in [0.1, 0.15) is 0 Å². The molecule has 1 aliphatic carbocycles. The van der Waals surface area contributed by atoms with Crippen LogP contribution in [0.25, 0.3) is 0 Å². The molecule has 1 fully saturated rings. The fraction of sp³-hybridized carbons (Fsp3) is 0.667. The second kappa shape index (κ2) is 5.21. The average molecular weight is 300 g/mol. The topological polar surface area (TPSA) is 46.9 Å². The highest BCUT2D eigenvalue weighted by Gasteiger charge is 2.28. The second-order valence-corrected chi connectivity index (χ2v) is 5.37. The third kappa shape index (κ3) is 2.70. The Morgan fingerprint density at radius 3 is 3.00 bits per heavy atom. The molecule has 94 valence electrons. The molecule has 0 aliphatic heterocycles. The van der Waals surface area contributed by atoms with Gasteiger partial charge in [-0.05, 0) is 25.7 Å². The highest BCUT2D eigenvalue weighted by molar-refractivity contribution is 9.09. The fourth-order valence-corrected chi connectivity index (χ4v) is 3.26. The van der Waals surface area contributed by atoms with E-state index in [9.17, 15) is 4.79 Å². The zero-order valence-corrected chi connectivity index (χ0v) is 11.8. The van der Waals surface area contributed by atoms with E-state index in [1.807, 2.05) is 14.0 Å². The molecule has 5 heteroatoms. The summed E-state index contributed by atoms with van der Waals surface area (Å²) in [6.45, 7) is 1.87. The van der Waals surface area contributed by atoms with Crippen molar-refractivity contribution in [2.24, 2.45) is 13.0 Å². The van der Waals surface area contributed by atoms with E-state index in [0.29, 0.717) is 17.5 Å². The van der Waals surface area contributed by atoms with Gasteiger partial charge in [0, 0.05) is 24.6 Å². The van der Waals surface area contributed by atoms with E-state index in [1.165, 1.54) is 12.8 Å². The van der Waals surface area contributed by atoms with Crippen molar-refractivity contribution in [3.63, 3.8) is 0 Å². The van der Waals surface area contributed by atoms with Crippen molar-refractivity contribution in [2.45, 2.75) is 32.2 Å². The molecule has 1 aromatic heterocycles. The van der Waals surface area contributed by atoms with Crippen molar-refractivity contribution in [1.82, 2.24) is 15.1 Å². The van der Waals surface area contributed by atoms with Crippen LogP contribution in [0.4, 0.5) is 0 Å². The normalized spacial score (nSPS) is 23.9. The van der Waals surface area contributed by atoms with Crippen LogP contribution in [0.2, 0.25) is 0 Å². The Bertz CT molecular complexity index is 416. The van der Waals surface area contributed by atoms with E-state index in [-0.39, 0.29) is 5.91 Å². The Hall–Kier alpha value is -0.840. The summed E-state index contributed by atoms with van der Waals surface area (Å²) in [5.74, 6) is 0.573. The number of nitrogens with one attached hydrogen (secondary N) is 1. The number of carbonyl (C=O) groups excluding carboxylic acids is 1. The third-order valence-corrected chi connectivity index (χ3v) is 4.26. The minimum Gasteiger partial charge on any atom is -0.349 e. The largest absolute Gasteiger partial charge is 0.349 e. The first-order chi connectivity index (χ1) is 8.11. The lowest BCUT2D eigenvalue weighted by atomic mass is 10.1. The Kier molecular flexibility index (Phi) is 3.86. The zero-order chi connectivity index (χ0) is 12.4. The zero-order valence-electron chi connectivity index (χ0n) is 10.2. The van der Waals surface area contributed by atoms with E-state index >= 15 is 0 Å². The highest BCUT2D eigenvalue weighted by atomic mass is 79.9. The van der Waals surface area contributed by atoms with Gasteiger partial charge in [-0.2, -0.15) is 5.10 Å². The van der Waals surface area contributed by atoms with E-state index in [0.717, 1.165) is 17.4 Å². The molecule has 1 aliphatic rings. The maximum Gasteiger partial charge on any atom is 0.254 e. The summed E-state index contributed by atoms with van der Waals surface area (Å²) in [5, 5.41) is 8.28. The van der Waals surface area contributed by atoms with Crippen molar-refractivity contribution in [2.75, 3.05) is 5.33 Å². The molecule has 2 atom stereocenters. The second-order valence-electron chi connectivity index (χ2n) is 4.73. The molecular formula is C12H18BrN3O. The van der Waals surface area contributed by atoms with Gasteiger partial charge in [-0.15, -0.1) is 0 Å². The maximum absolute atomic E-state index is 12.1. The molecule has 0 spiro atoms. The van der Waals surface area contributed by atoms with Crippen molar-refractivity contribution < 1.29 is 4.79 Å². The Morgan fingerprint density at radius 2 is 2.41 bits per heavy atom. The smallest absolute Gasteiger partial charge is 0.254 e. The Morgan fingerprint density at radius 1 is 1.65 bits per heavy atom. The van der Waals surface area contributed by atoms with E-state index in [4.69, 9.17) is 0 Å². The van der Waals surface area contributed by atoms with Gasteiger partial charge in [-0.3, -0.25) is 9.48 Å². The van der Waals surface area contributed by atoms with E-state index in [1.54, 1.807) is 10.9 Å². The van der Waals surface area contributed by atoms with E-state index in [2.05, 4.69) is 26.3 Å². The van der Waals surface area contributed by atoms with Gasteiger partial charge < -0.3 is 5.32 Å². The van der Waals surface area contributed by atoms with Crippen LogP contribution in [0.1, 0.15) is 35.3 Å². The molecule has 2 unspecified atom stereocenters. The number of aromatic nitrogens is 2. The summed E-state index contributed by atoms with van der Waals surface area (Å²) < 4.78 is 1.68. The van der Waals surface area contributed by atoms with Crippen LogP contribution in [-0.2, 0) is 7.05 Å². The first-order valence-electron chi connectivity index (χ1n) is 5.99. The number of hydrogen-bond acceptors (Lipinski definition) is 2. The number of amides is 1. The Balaban J connectivity index is 2.04. The molecule has 1 heterocycles. The summed E-state index contributed by atoms with van der Waals surface area (Å²) in [7, 11) is 1.83. The van der Waals surface area contributed by atoms with Gasteiger partial charge in [0.05, 0.1) is 11.3 Å². The molecule has 1 aromatic rings. The average Bonchev–Trinajstić information content (AvgIpc) is 2.84. The molecule has 4 nitrogen and oxygen atoms in total. The summed E-state index contributed by atoms with van der Waals surface area (Å²) in [5.41, 5.74) is 1.48. The van der Waals surface area contributed by atoms with Crippen LogP contribution >= 0.6 is 15.9 Å². The van der Waals surface area contributed by atoms with Crippen LogP contribution in [0.3, 0.4) is 0 Å². The number of rotatable bonds is 3. The van der Waals surface area contributed by atoms with Crippen molar-refractivity contribution in [3.05, 3.63) is 17.5 Å². The van der Waals surface area contributed by atoms with Gasteiger partial charge in [0.15, 0.2) is 0 Å². The predicted octanol–water partition coefficient (Wildman–Crippen LogP) is 2.02. The van der Waals surface area contributed by atoms with Gasteiger partial charge in [0.2, 0.25) is 0 Å². The van der Waals surface area contributed by atoms with Gasteiger partial charge in [-0.25, -0.2) is 0 Å². The number of hydrogen-bond donors (Lipinski definition) is 1. The number of carbonyl (C=O) groups is 1. The van der Waals surface area contributed by atoms with Gasteiger partial charge in [-0.1, -0.05) is 22.4 Å². The molecule has 17 heavy (non-hydrogen) atoms. The molecule has 1 saturated carbocycles. The maximum atomic E-state index is 12.1.